The maximum atomic E-state index is 12.5. The van der Waals surface area contributed by atoms with Gasteiger partial charge in [-0.1, -0.05) is 24.4 Å². The van der Waals surface area contributed by atoms with E-state index in [1.807, 2.05) is 0 Å². The molecule has 114 valence electrons. The Morgan fingerprint density at radius 1 is 1.30 bits per heavy atom. The Hall–Kier alpha value is -1.30. The van der Waals surface area contributed by atoms with Crippen LogP contribution in [0.3, 0.4) is 0 Å². The monoisotopic (exact) mass is 283 g/mol. The Morgan fingerprint density at radius 2 is 1.95 bits per heavy atom. The van der Waals surface area contributed by atoms with Crippen LogP contribution < -0.4 is 11.1 Å². The molecule has 0 aromatic heterocycles. The van der Waals surface area contributed by atoms with Gasteiger partial charge in [0.05, 0.1) is 0 Å². The molecule has 0 atom stereocenters. The van der Waals surface area contributed by atoms with E-state index in [1.165, 1.54) is 32.1 Å². The van der Waals surface area contributed by atoms with Crippen molar-refractivity contribution in [1.29, 1.82) is 0 Å². The van der Waals surface area contributed by atoms with Gasteiger partial charge in [0, 0.05) is 19.8 Å². The summed E-state index contributed by atoms with van der Waals surface area (Å²) in [7, 11) is 0. The lowest BCUT2D eigenvalue weighted by molar-refractivity contribution is -0.131. The van der Waals surface area contributed by atoms with Gasteiger partial charge in [-0.2, -0.15) is 0 Å². The average Bonchev–Trinajstić information content (AvgIpc) is 2.53. The quantitative estimate of drug-likeness (QED) is 0.313. The number of carbonyl (C=O) groups is 1. The van der Waals surface area contributed by atoms with Crippen molar-refractivity contribution < 1.29 is 14.7 Å². The second-order valence-corrected chi connectivity index (χ2v) is 5.89. The van der Waals surface area contributed by atoms with Crippen LogP contribution in [0.2, 0.25) is 0 Å². The molecule has 2 fully saturated rings. The second-order valence-electron chi connectivity index (χ2n) is 5.89. The number of hydrogen-bond acceptors (Lipinski definition) is 4. The third kappa shape index (κ3) is 3.23. The first-order valence-corrected chi connectivity index (χ1v) is 7.53. The van der Waals surface area contributed by atoms with Gasteiger partial charge in [-0.3, -0.25) is 4.79 Å². The number of carbonyl (C=O) groups excluding carboxylic acids is 1. The topological polar surface area (TPSA) is 96.9 Å². The van der Waals surface area contributed by atoms with Gasteiger partial charge in [-0.05, 0) is 31.6 Å². The van der Waals surface area contributed by atoms with Crippen LogP contribution in [0.4, 0.5) is 0 Å². The van der Waals surface area contributed by atoms with Gasteiger partial charge in [0.2, 0.25) is 5.91 Å². The van der Waals surface area contributed by atoms with Gasteiger partial charge in [-0.25, -0.2) is 0 Å². The summed E-state index contributed by atoms with van der Waals surface area (Å²) in [5.74, 6) is 0.445. The number of ether oxygens (including phenoxy) is 1. The van der Waals surface area contributed by atoms with Crippen LogP contribution in [0.5, 0.6) is 0 Å². The maximum absolute atomic E-state index is 12.5. The lowest BCUT2D eigenvalue weighted by Crippen LogP contribution is -2.53. The van der Waals surface area contributed by atoms with Crippen LogP contribution in [-0.2, 0) is 9.53 Å². The second kappa shape index (κ2) is 6.92. The first-order valence-electron chi connectivity index (χ1n) is 7.53. The number of nitrogens with two attached hydrogens (primary N) is 1. The van der Waals surface area contributed by atoms with E-state index >= 15 is 0 Å². The number of amides is 1. The van der Waals surface area contributed by atoms with E-state index in [0.29, 0.717) is 38.5 Å². The van der Waals surface area contributed by atoms with Crippen molar-refractivity contribution in [2.24, 2.45) is 22.2 Å². The van der Waals surface area contributed by atoms with Crippen molar-refractivity contribution >= 4 is 11.7 Å². The number of oxime groups is 1. The Morgan fingerprint density at radius 3 is 2.55 bits per heavy atom. The van der Waals surface area contributed by atoms with Crippen molar-refractivity contribution in [3.8, 4) is 0 Å². The predicted octanol–water partition coefficient (Wildman–Crippen LogP) is 1.23. The van der Waals surface area contributed by atoms with Crippen molar-refractivity contribution in [2.75, 3.05) is 19.8 Å². The standard InChI is InChI=1S/C14H25N3O3/c15-12(17-19)14(6-8-20-9-7-14)13(18)16-10-11-4-2-1-3-5-11/h11,19H,1-10H2,(H2,15,17)(H,16,18). The van der Waals surface area contributed by atoms with E-state index in [4.69, 9.17) is 15.7 Å². The first-order chi connectivity index (χ1) is 9.69. The molecule has 1 amide bonds. The van der Waals surface area contributed by atoms with Crippen LogP contribution in [0, 0.1) is 11.3 Å². The van der Waals surface area contributed by atoms with E-state index in [-0.39, 0.29) is 11.7 Å². The molecule has 20 heavy (non-hydrogen) atoms. The average molecular weight is 283 g/mol. The summed E-state index contributed by atoms with van der Waals surface area (Å²) in [6.45, 7) is 1.63. The van der Waals surface area contributed by atoms with Crippen LogP contribution in [-0.4, -0.2) is 36.7 Å². The van der Waals surface area contributed by atoms with E-state index in [1.54, 1.807) is 0 Å². The van der Waals surface area contributed by atoms with E-state index in [2.05, 4.69) is 10.5 Å². The van der Waals surface area contributed by atoms with Gasteiger partial charge in [0.1, 0.15) is 5.41 Å². The minimum absolute atomic E-state index is 0.00180. The van der Waals surface area contributed by atoms with Crippen molar-refractivity contribution in [3.63, 3.8) is 0 Å². The molecule has 1 saturated heterocycles. The normalized spacial score (nSPS) is 24.3. The summed E-state index contributed by atoms with van der Waals surface area (Å²) in [5, 5.41) is 15.1. The van der Waals surface area contributed by atoms with Crippen LogP contribution in [0.15, 0.2) is 5.16 Å². The molecule has 1 aliphatic heterocycles. The molecule has 0 radical (unpaired) electrons. The fourth-order valence-electron chi connectivity index (χ4n) is 3.21. The molecule has 6 nitrogen and oxygen atoms in total. The van der Waals surface area contributed by atoms with Gasteiger partial charge in [-0.15, -0.1) is 0 Å². The summed E-state index contributed by atoms with van der Waals surface area (Å²) in [4.78, 5) is 12.5. The molecule has 6 heteroatoms. The fourth-order valence-corrected chi connectivity index (χ4v) is 3.21. The number of hydrogen-bond donors (Lipinski definition) is 3. The van der Waals surface area contributed by atoms with Gasteiger partial charge < -0.3 is 21.0 Å². The summed E-state index contributed by atoms with van der Waals surface area (Å²) in [6, 6.07) is 0. The molecule has 1 heterocycles. The first kappa shape index (κ1) is 15.1. The minimum atomic E-state index is -0.901. The Kier molecular flexibility index (Phi) is 5.23. The Bertz CT molecular complexity index is 359. The number of amidine groups is 1. The molecule has 1 aliphatic carbocycles. The van der Waals surface area contributed by atoms with Crippen molar-refractivity contribution in [3.05, 3.63) is 0 Å². The lowest BCUT2D eigenvalue weighted by Gasteiger charge is -2.35. The summed E-state index contributed by atoms with van der Waals surface area (Å²) in [6.07, 6.45) is 7.11. The van der Waals surface area contributed by atoms with Crippen LogP contribution >= 0.6 is 0 Å². The molecule has 0 unspecified atom stereocenters. The highest BCUT2D eigenvalue weighted by molar-refractivity contribution is 6.06. The number of rotatable bonds is 4. The molecule has 2 aliphatic rings. The van der Waals surface area contributed by atoms with Gasteiger partial charge in [0.15, 0.2) is 5.84 Å². The third-order valence-corrected chi connectivity index (χ3v) is 4.66. The minimum Gasteiger partial charge on any atom is -0.409 e. The maximum Gasteiger partial charge on any atom is 0.234 e. The van der Waals surface area contributed by atoms with E-state index < -0.39 is 5.41 Å². The SMILES string of the molecule is NC(=NO)C1(C(=O)NCC2CCCCC2)CCOCC1. The fraction of sp³-hybridized carbons (Fsp3) is 0.857. The zero-order chi connectivity index (χ0) is 14.4. The molecule has 1 saturated carbocycles. The Labute approximate surface area is 119 Å². The largest absolute Gasteiger partial charge is 0.409 e. The van der Waals surface area contributed by atoms with E-state index in [0.717, 1.165) is 0 Å². The summed E-state index contributed by atoms with van der Waals surface area (Å²) >= 11 is 0. The zero-order valence-corrected chi connectivity index (χ0v) is 11.9. The van der Waals surface area contributed by atoms with Crippen LogP contribution in [0.25, 0.3) is 0 Å². The Balaban J connectivity index is 1.96. The highest BCUT2D eigenvalue weighted by Crippen LogP contribution is 2.31. The lowest BCUT2D eigenvalue weighted by atomic mass is 9.78. The van der Waals surface area contributed by atoms with Crippen LogP contribution in [0.1, 0.15) is 44.9 Å². The number of nitrogens with one attached hydrogen (secondary N) is 1. The molecule has 4 N–H and O–H groups in total. The van der Waals surface area contributed by atoms with E-state index in [9.17, 15) is 4.79 Å². The zero-order valence-electron chi connectivity index (χ0n) is 11.9. The highest BCUT2D eigenvalue weighted by Gasteiger charge is 2.44. The molecule has 0 aromatic carbocycles. The molecular weight excluding hydrogens is 258 g/mol. The van der Waals surface area contributed by atoms with Gasteiger partial charge in [0.25, 0.3) is 0 Å². The smallest absolute Gasteiger partial charge is 0.234 e. The predicted molar refractivity (Wildman–Crippen MR) is 75.5 cm³/mol. The summed E-state index contributed by atoms with van der Waals surface area (Å²) in [5.41, 5.74) is 4.87. The van der Waals surface area contributed by atoms with Gasteiger partial charge >= 0.3 is 0 Å². The molecule has 0 aromatic rings. The summed E-state index contributed by atoms with van der Waals surface area (Å²) < 4.78 is 5.29. The molecule has 0 spiro atoms. The highest BCUT2D eigenvalue weighted by atomic mass is 16.5. The molecular formula is C14H25N3O3. The third-order valence-electron chi connectivity index (χ3n) is 4.66. The number of nitrogens with zero attached hydrogens (tertiary/aromatic N) is 1. The van der Waals surface area contributed by atoms with Crippen molar-refractivity contribution in [1.82, 2.24) is 5.32 Å². The van der Waals surface area contributed by atoms with Crippen molar-refractivity contribution in [2.45, 2.75) is 44.9 Å². The molecule has 2 rings (SSSR count). The molecule has 0 bridgehead atoms.